The van der Waals surface area contributed by atoms with Crippen LogP contribution in [0.15, 0.2) is 12.2 Å². The van der Waals surface area contributed by atoms with Gasteiger partial charge in [-0.15, -0.1) is 0 Å². The minimum absolute atomic E-state index is 0.0525. The molecule has 0 aliphatic carbocycles. The second-order valence-corrected chi connectivity index (χ2v) is 15.4. The summed E-state index contributed by atoms with van der Waals surface area (Å²) in [4.78, 5) is 10.6. The van der Waals surface area contributed by atoms with Crippen molar-refractivity contribution in [3.8, 4) is 0 Å². The van der Waals surface area contributed by atoms with Crippen LogP contribution < -0.4 is 0 Å². The van der Waals surface area contributed by atoms with Gasteiger partial charge in [-0.3, -0.25) is 4.57 Å². The summed E-state index contributed by atoms with van der Waals surface area (Å²) < 4.78 is 30.9. The Bertz CT molecular complexity index is 656. The van der Waals surface area contributed by atoms with Gasteiger partial charge in [0.25, 0.3) is 0 Å². The molecule has 40 heavy (non-hydrogen) atoms. The van der Waals surface area contributed by atoms with Gasteiger partial charge in [0, 0.05) is 13.0 Å². The molecule has 0 aromatic carbocycles. The quantitative estimate of drug-likeness (QED) is 0.0446. The Morgan fingerprint density at radius 2 is 1.23 bits per heavy atom. The lowest BCUT2D eigenvalue weighted by atomic mass is 10.1. The van der Waals surface area contributed by atoms with Crippen LogP contribution in [-0.4, -0.2) is 67.8 Å². The SMILES string of the molecule is CCCCCCC/C=C\CCCCCCCCCCCOC[C@H](COP(=O)(O)C(CC)[N+](C)(C)C)OC(C)(C)C. The predicted molar refractivity (Wildman–Crippen MR) is 172 cm³/mol. The van der Waals surface area contributed by atoms with Gasteiger partial charge >= 0.3 is 7.60 Å². The van der Waals surface area contributed by atoms with E-state index < -0.39 is 13.4 Å². The van der Waals surface area contributed by atoms with Crippen LogP contribution in [0.3, 0.4) is 0 Å². The van der Waals surface area contributed by atoms with E-state index in [0.29, 0.717) is 24.1 Å². The number of allylic oxidation sites excluding steroid dienone is 2. The van der Waals surface area contributed by atoms with Crippen molar-refractivity contribution in [1.29, 1.82) is 0 Å². The first-order valence-corrected chi connectivity index (χ1v) is 18.2. The Morgan fingerprint density at radius 1 is 0.750 bits per heavy atom. The molecule has 0 rings (SSSR count). The molecule has 7 heteroatoms. The van der Waals surface area contributed by atoms with Crippen molar-refractivity contribution in [3.05, 3.63) is 12.2 Å². The van der Waals surface area contributed by atoms with Crippen molar-refractivity contribution >= 4 is 7.60 Å². The van der Waals surface area contributed by atoms with Crippen LogP contribution in [0.1, 0.15) is 144 Å². The highest BCUT2D eigenvalue weighted by atomic mass is 31.2. The zero-order valence-corrected chi connectivity index (χ0v) is 28.8. The maximum absolute atomic E-state index is 12.9. The lowest BCUT2D eigenvalue weighted by Crippen LogP contribution is -2.45. The van der Waals surface area contributed by atoms with Crippen LogP contribution in [0.25, 0.3) is 0 Å². The third-order valence-electron chi connectivity index (χ3n) is 7.21. The number of quaternary nitrogens is 1. The van der Waals surface area contributed by atoms with Gasteiger partial charge < -0.3 is 23.4 Å². The molecule has 0 saturated carbocycles. The van der Waals surface area contributed by atoms with Gasteiger partial charge in [0.15, 0.2) is 5.78 Å². The molecule has 0 fully saturated rings. The molecule has 0 bridgehead atoms. The van der Waals surface area contributed by atoms with Crippen LogP contribution >= 0.6 is 7.60 Å². The molecule has 0 aliphatic heterocycles. The third kappa shape index (κ3) is 23.3. The topological polar surface area (TPSA) is 65.0 Å². The molecule has 0 saturated heterocycles. The molecule has 0 spiro atoms. The Kier molecular flexibility index (Phi) is 23.1. The summed E-state index contributed by atoms with van der Waals surface area (Å²) in [5.41, 5.74) is -0.384. The van der Waals surface area contributed by atoms with Gasteiger partial charge in [-0.1, -0.05) is 96.6 Å². The van der Waals surface area contributed by atoms with E-state index in [1.807, 2.05) is 48.8 Å². The average molecular weight is 591 g/mol. The fourth-order valence-electron chi connectivity index (χ4n) is 5.13. The second kappa shape index (κ2) is 23.3. The van der Waals surface area contributed by atoms with E-state index >= 15 is 0 Å². The van der Waals surface area contributed by atoms with Crippen LogP contribution in [-0.2, 0) is 18.6 Å². The fourth-order valence-corrected chi connectivity index (χ4v) is 7.02. The monoisotopic (exact) mass is 590 g/mol. The zero-order chi connectivity index (χ0) is 30.3. The number of nitrogens with zero attached hydrogens (tertiary/aromatic N) is 1. The second-order valence-electron chi connectivity index (χ2n) is 13.4. The summed E-state index contributed by atoms with van der Waals surface area (Å²) in [5, 5.41) is 0. The molecule has 0 radical (unpaired) electrons. The van der Waals surface area contributed by atoms with Crippen molar-refractivity contribution in [1.82, 2.24) is 0 Å². The molecule has 2 unspecified atom stereocenters. The van der Waals surface area contributed by atoms with E-state index in [1.54, 1.807) is 0 Å². The Hall–Kier alpha value is -0.230. The van der Waals surface area contributed by atoms with Gasteiger partial charge in [0.2, 0.25) is 0 Å². The van der Waals surface area contributed by atoms with Crippen LogP contribution in [0.2, 0.25) is 0 Å². The van der Waals surface area contributed by atoms with Gasteiger partial charge in [-0.25, -0.2) is 0 Å². The molecule has 240 valence electrons. The van der Waals surface area contributed by atoms with E-state index in [4.69, 9.17) is 14.0 Å². The van der Waals surface area contributed by atoms with Crippen LogP contribution in [0, 0.1) is 0 Å². The van der Waals surface area contributed by atoms with E-state index in [-0.39, 0.29) is 18.3 Å². The Labute approximate surface area is 249 Å². The highest BCUT2D eigenvalue weighted by Crippen LogP contribution is 2.51. The largest absolute Gasteiger partial charge is 0.385 e. The summed E-state index contributed by atoms with van der Waals surface area (Å²) in [5.74, 6) is -0.472. The number of unbranched alkanes of at least 4 members (excludes halogenated alkanes) is 14. The lowest BCUT2D eigenvalue weighted by Gasteiger charge is -2.36. The zero-order valence-electron chi connectivity index (χ0n) is 27.9. The molecule has 3 atom stereocenters. The molecule has 0 aliphatic rings. The number of rotatable bonds is 27. The van der Waals surface area contributed by atoms with Gasteiger partial charge in [0.1, 0.15) is 6.10 Å². The molecule has 0 aromatic heterocycles. The molecule has 0 amide bonds. The Balaban J connectivity index is 3.92. The van der Waals surface area contributed by atoms with Gasteiger partial charge in [-0.05, 0) is 52.9 Å². The first kappa shape index (κ1) is 39.8. The van der Waals surface area contributed by atoms with Crippen molar-refractivity contribution in [2.24, 2.45) is 0 Å². The summed E-state index contributed by atoms with van der Waals surface area (Å²) >= 11 is 0. The van der Waals surface area contributed by atoms with Crippen molar-refractivity contribution in [2.45, 2.75) is 161 Å². The number of ether oxygens (including phenoxy) is 2. The molecular formula is C33H69NO5P+. The van der Waals surface area contributed by atoms with Crippen LogP contribution in [0.4, 0.5) is 0 Å². The molecule has 1 N–H and O–H groups in total. The van der Waals surface area contributed by atoms with Crippen LogP contribution in [0.5, 0.6) is 0 Å². The lowest BCUT2D eigenvalue weighted by molar-refractivity contribution is -0.883. The van der Waals surface area contributed by atoms with Gasteiger partial charge in [-0.2, -0.15) is 0 Å². The standard InChI is InChI=1S/C33H68NO5P/c1-9-11-12-13-14-15-16-17-18-19-20-21-22-23-24-25-26-27-28-37-29-31(39-33(3,4)5)30-38-40(35,36)32(10-2)34(6,7)8/h16-17,31-32H,9-15,18-30H2,1-8H3/p+1/b17-16-/t31-,32?/m1/s1. The normalized spacial score (nSPS) is 15.9. The molecule has 0 aromatic rings. The van der Waals surface area contributed by atoms with Crippen molar-refractivity contribution in [2.75, 3.05) is 41.0 Å². The van der Waals surface area contributed by atoms with E-state index in [1.165, 1.54) is 96.3 Å². The Morgan fingerprint density at radius 3 is 1.68 bits per heavy atom. The summed E-state index contributed by atoms with van der Waals surface area (Å²) in [7, 11) is 1.97. The van der Waals surface area contributed by atoms with E-state index in [2.05, 4.69) is 19.1 Å². The van der Waals surface area contributed by atoms with E-state index in [0.717, 1.165) is 6.42 Å². The number of hydrogen-bond donors (Lipinski definition) is 1. The van der Waals surface area contributed by atoms with Crippen molar-refractivity contribution in [3.63, 3.8) is 0 Å². The summed E-state index contributed by atoms with van der Waals surface area (Å²) in [6.45, 7) is 11.2. The maximum Gasteiger partial charge on any atom is 0.385 e. The average Bonchev–Trinajstić information content (AvgIpc) is 2.84. The predicted octanol–water partition coefficient (Wildman–Crippen LogP) is 9.65. The van der Waals surface area contributed by atoms with Crippen molar-refractivity contribution < 1.29 is 27.9 Å². The first-order chi connectivity index (χ1) is 18.8. The maximum atomic E-state index is 12.9. The minimum atomic E-state index is -3.79. The molecule has 0 heterocycles. The van der Waals surface area contributed by atoms with Gasteiger partial charge in [0.05, 0.1) is 40.0 Å². The third-order valence-corrected chi connectivity index (χ3v) is 9.54. The summed E-state index contributed by atoms with van der Waals surface area (Å²) in [6, 6.07) is 0. The molecule has 6 nitrogen and oxygen atoms in total. The first-order valence-electron chi connectivity index (χ1n) is 16.5. The highest BCUT2D eigenvalue weighted by Gasteiger charge is 2.42. The minimum Gasteiger partial charge on any atom is -0.379 e. The molecular weight excluding hydrogens is 521 g/mol. The smallest absolute Gasteiger partial charge is 0.379 e. The van der Waals surface area contributed by atoms with E-state index in [9.17, 15) is 9.46 Å². The number of hydrogen-bond acceptors (Lipinski definition) is 4. The fraction of sp³-hybridized carbons (Fsp3) is 0.939. The highest BCUT2D eigenvalue weighted by molar-refractivity contribution is 7.53. The summed E-state index contributed by atoms with van der Waals surface area (Å²) in [6.07, 6.45) is 25.9.